The Labute approximate surface area is 195 Å². The van der Waals surface area contributed by atoms with E-state index in [2.05, 4.69) is 14.9 Å². The molecule has 1 fully saturated rings. The van der Waals surface area contributed by atoms with Gasteiger partial charge in [0, 0.05) is 44.0 Å². The lowest BCUT2D eigenvalue weighted by molar-refractivity contribution is -0.142. The van der Waals surface area contributed by atoms with Crippen molar-refractivity contribution in [1.82, 2.24) is 19.8 Å². The molecular formula is C24H34N4O5. The second-order valence-corrected chi connectivity index (χ2v) is 8.13. The molecule has 3 rings (SSSR count). The molecule has 0 spiro atoms. The fourth-order valence-electron chi connectivity index (χ4n) is 3.95. The van der Waals surface area contributed by atoms with Crippen molar-refractivity contribution in [2.24, 2.45) is 0 Å². The molecule has 0 unspecified atom stereocenters. The summed E-state index contributed by atoms with van der Waals surface area (Å²) in [6.07, 6.45) is 7.20. The summed E-state index contributed by atoms with van der Waals surface area (Å²) in [5.74, 6) is 2.37. The Bertz CT molecular complexity index is 899. The first-order valence-electron chi connectivity index (χ1n) is 11.5. The zero-order valence-electron chi connectivity index (χ0n) is 19.7. The maximum Gasteiger partial charge on any atom is 0.325 e. The van der Waals surface area contributed by atoms with Crippen molar-refractivity contribution in [3.05, 3.63) is 42.0 Å². The topological polar surface area (TPSA) is 94.9 Å². The minimum absolute atomic E-state index is 0.100. The number of ether oxygens (including phenoxy) is 3. The lowest BCUT2D eigenvalue weighted by atomic mass is 9.96. The highest BCUT2D eigenvalue weighted by Gasteiger charge is 2.26. The van der Waals surface area contributed by atoms with Gasteiger partial charge in [-0.05, 0) is 37.0 Å². The highest BCUT2D eigenvalue weighted by atomic mass is 16.5. The lowest BCUT2D eigenvalue weighted by Crippen LogP contribution is -2.45. The molecule has 0 saturated carbocycles. The fraction of sp³-hybridized carbons (Fsp3) is 0.542. The van der Waals surface area contributed by atoms with Crippen LogP contribution in [-0.2, 0) is 16.1 Å². The number of benzene rings is 1. The summed E-state index contributed by atoms with van der Waals surface area (Å²) < 4.78 is 18.0. The van der Waals surface area contributed by atoms with E-state index in [1.54, 1.807) is 19.1 Å². The molecule has 2 heterocycles. The second-order valence-electron chi connectivity index (χ2n) is 8.13. The Kier molecular flexibility index (Phi) is 8.97. The molecule has 9 nitrogen and oxygen atoms in total. The van der Waals surface area contributed by atoms with E-state index in [1.165, 1.54) is 0 Å². The van der Waals surface area contributed by atoms with Gasteiger partial charge in [0.15, 0.2) is 0 Å². The largest absolute Gasteiger partial charge is 0.497 e. The zero-order chi connectivity index (χ0) is 23.6. The number of piperidine rings is 1. The van der Waals surface area contributed by atoms with Crippen molar-refractivity contribution in [3.8, 4) is 11.5 Å². The van der Waals surface area contributed by atoms with Gasteiger partial charge in [-0.3, -0.25) is 4.79 Å². The van der Waals surface area contributed by atoms with Crippen molar-refractivity contribution in [3.63, 3.8) is 0 Å². The molecule has 2 aromatic rings. The summed E-state index contributed by atoms with van der Waals surface area (Å²) in [5.41, 5.74) is 1.06. The third kappa shape index (κ3) is 6.87. The summed E-state index contributed by atoms with van der Waals surface area (Å²) in [4.78, 5) is 30.5. The SMILES string of the molecule is CCCCOC(=O)CNC(=O)N1CCC(c2nccn2Cc2cc(OC)cc(OC)c2)CC1. The van der Waals surface area contributed by atoms with Crippen LogP contribution in [0.4, 0.5) is 4.79 Å². The first kappa shape index (κ1) is 24.4. The Hall–Kier alpha value is -3.23. The van der Waals surface area contributed by atoms with Crippen LogP contribution in [0.3, 0.4) is 0 Å². The molecule has 0 bridgehead atoms. The van der Waals surface area contributed by atoms with E-state index in [-0.39, 0.29) is 18.5 Å². The van der Waals surface area contributed by atoms with E-state index in [9.17, 15) is 9.59 Å². The van der Waals surface area contributed by atoms with Crippen molar-refractivity contribution >= 4 is 12.0 Å². The van der Waals surface area contributed by atoms with Crippen molar-refractivity contribution in [1.29, 1.82) is 0 Å². The number of hydrogen-bond donors (Lipinski definition) is 1. The lowest BCUT2D eigenvalue weighted by Gasteiger charge is -2.32. The van der Waals surface area contributed by atoms with Crippen LogP contribution in [0, 0.1) is 0 Å². The molecule has 1 aromatic heterocycles. The Morgan fingerprint density at radius 3 is 2.45 bits per heavy atom. The summed E-state index contributed by atoms with van der Waals surface area (Å²) in [5, 5.41) is 2.66. The van der Waals surface area contributed by atoms with E-state index >= 15 is 0 Å². The van der Waals surface area contributed by atoms with Crippen LogP contribution in [0.1, 0.15) is 49.9 Å². The number of carbonyl (C=O) groups excluding carboxylic acids is 2. The van der Waals surface area contributed by atoms with Gasteiger partial charge in [-0.1, -0.05) is 13.3 Å². The first-order valence-corrected chi connectivity index (χ1v) is 11.5. The van der Waals surface area contributed by atoms with E-state index in [0.717, 1.165) is 48.6 Å². The van der Waals surface area contributed by atoms with Crippen LogP contribution in [-0.4, -0.2) is 66.9 Å². The number of carbonyl (C=O) groups is 2. The molecule has 1 aliphatic heterocycles. The quantitative estimate of drug-likeness (QED) is 0.434. The normalized spacial score (nSPS) is 14.1. The van der Waals surface area contributed by atoms with Gasteiger partial charge in [-0.25, -0.2) is 9.78 Å². The number of likely N-dealkylation sites (tertiary alicyclic amines) is 1. The van der Waals surface area contributed by atoms with Gasteiger partial charge in [0.1, 0.15) is 23.9 Å². The number of unbranched alkanes of at least 4 members (excludes halogenated alkanes) is 1. The van der Waals surface area contributed by atoms with E-state index in [0.29, 0.717) is 26.2 Å². The molecular weight excluding hydrogens is 424 g/mol. The minimum Gasteiger partial charge on any atom is -0.497 e. The molecule has 180 valence electrons. The summed E-state index contributed by atoms with van der Waals surface area (Å²) in [7, 11) is 3.28. The van der Waals surface area contributed by atoms with Crippen molar-refractivity contribution < 1.29 is 23.8 Å². The summed E-state index contributed by atoms with van der Waals surface area (Å²) >= 11 is 0. The number of esters is 1. The van der Waals surface area contributed by atoms with Crippen molar-refractivity contribution in [2.75, 3.05) is 40.5 Å². The van der Waals surface area contributed by atoms with E-state index in [4.69, 9.17) is 14.2 Å². The maximum absolute atomic E-state index is 12.4. The molecule has 33 heavy (non-hydrogen) atoms. The number of amides is 2. The van der Waals surface area contributed by atoms with Gasteiger partial charge in [-0.2, -0.15) is 0 Å². The Morgan fingerprint density at radius 2 is 1.82 bits per heavy atom. The average Bonchev–Trinajstić information content (AvgIpc) is 3.30. The molecule has 0 atom stereocenters. The average molecular weight is 459 g/mol. The minimum atomic E-state index is -0.400. The smallest absolute Gasteiger partial charge is 0.325 e. The van der Waals surface area contributed by atoms with Crippen LogP contribution in [0.15, 0.2) is 30.6 Å². The van der Waals surface area contributed by atoms with Gasteiger partial charge in [0.2, 0.25) is 0 Å². The van der Waals surface area contributed by atoms with E-state index < -0.39 is 5.97 Å². The molecule has 0 radical (unpaired) electrons. The monoisotopic (exact) mass is 458 g/mol. The van der Waals surface area contributed by atoms with Crippen LogP contribution in [0.25, 0.3) is 0 Å². The molecule has 9 heteroatoms. The third-order valence-electron chi connectivity index (χ3n) is 5.80. The molecule has 1 aliphatic rings. The molecule has 1 N–H and O–H groups in total. The number of hydrogen-bond acceptors (Lipinski definition) is 6. The third-order valence-corrected chi connectivity index (χ3v) is 5.80. The molecule has 1 saturated heterocycles. The zero-order valence-corrected chi connectivity index (χ0v) is 19.7. The predicted octanol–water partition coefficient (Wildman–Crippen LogP) is 3.18. The van der Waals surface area contributed by atoms with Gasteiger partial charge < -0.3 is 29.0 Å². The Morgan fingerprint density at radius 1 is 1.12 bits per heavy atom. The van der Waals surface area contributed by atoms with Gasteiger partial charge >= 0.3 is 12.0 Å². The molecule has 1 aromatic carbocycles. The van der Waals surface area contributed by atoms with Crippen LogP contribution >= 0.6 is 0 Å². The number of nitrogens with zero attached hydrogens (tertiary/aromatic N) is 3. The Balaban J connectivity index is 1.52. The number of aromatic nitrogens is 2. The van der Waals surface area contributed by atoms with E-state index in [1.807, 2.05) is 37.5 Å². The predicted molar refractivity (Wildman–Crippen MR) is 124 cm³/mol. The number of imidazole rings is 1. The second kappa shape index (κ2) is 12.1. The number of methoxy groups -OCH3 is 2. The summed E-state index contributed by atoms with van der Waals surface area (Å²) in [6, 6.07) is 5.61. The fourth-order valence-corrected chi connectivity index (χ4v) is 3.95. The first-order chi connectivity index (χ1) is 16.0. The number of urea groups is 1. The highest BCUT2D eigenvalue weighted by molar-refractivity contribution is 5.80. The molecule has 2 amide bonds. The number of nitrogens with one attached hydrogen (secondary N) is 1. The van der Waals surface area contributed by atoms with Gasteiger partial charge in [-0.15, -0.1) is 0 Å². The maximum atomic E-state index is 12.4. The van der Waals surface area contributed by atoms with Gasteiger partial charge in [0.05, 0.1) is 20.8 Å². The van der Waals surface area contributed by atoms with Gasteiger partial charge in [0.25, 0.3) is 0 Å². The summed E-state index contributed by atoms with van der Waals surface area (Å²) in [6.45, 7) is 4.20. The number of rotatable bonds is 10. The van der Waals surface area contributed by atoms with Crippen molar-refractivity contribution in [2.45, 2.75) is 45.1 Å². The van der Waals surface area contributed by atoms with Crippen LogP contribution < -0.4 is 14.8 Å². The standard InChI is InChI=1S/C24H34N4O5/c1-4-5-12-33-22(29)16-26-24(30)27-9-6-19(7-10-27)23-25-8-11-28(23)17-18-13-20(31-2)15-21(14-18)32-3/h8,11,13-15,19H,4-7,9-10,12,16-17H2,1-3H3,(H,26,30). The van der Waals surface area contributed by atoms with Crippen LogP contribution in [0.5, 0.6) is 11.5 Å². The highest BCUT2D eigenvalue weighted by Crippen LogP contribution is 2.28. The molecule has 0 aliphatic carbocycles. The van der Waals surface area contributed by atoms with Crippen LogP contribution in [0.2, 0.25) is 0 Å².